The van der Waals surface area contributed by atoms with E-state index in [0.29, 0.717) is 11.3 Å². The van der Waals surface area contributed by atoms with Crippen molar-refractivity contribution in [3.05, 3.63) is 95.3 Å². The molecule has 0 unspecified atom stereocenters. The molecular weight excluding hydrogens is 394 g/mol. The van der Waals surface area contributed by atoms with Gasteiger partial charge in [-0.25, -0.2) is 0 Å². The van der Waals surface area contributed by atoms with E-state index in [1.165, 1.54) is 11.8 Å². The first kappa shape index (κ1) is 19.8. The molecular formula is C23H21N5OS. The number of aromatic nitrogens is 4. The van der Waals surface area contributed by atoms with Crippen LogP contribution < -0.4 is 5.32 Å². The van der Waals surface area contributed by atoms with Gasteiger partial charge in [0.2, 0.25) is 0 Å². The van der Waals surface area contributed by atoms with Crippen molar-refractivity contribution >= 4 is 23.4 Å². The maximum Gasteiger partial charge on any atom is 0.256 e. The van der Waals surface area contributed by atoms with Crippen molar-refractivity contribution in [3.8, 4) is 5.69 Å². The Hall–Kier alpha value is -3.45. The van der Waals surface area contributed by atoms with Crippen molar-refractivity contribution in [3.63, 3.8) is 0 Å². The van der Waals surface area contributed by atoms with E-state index in [1.54, 1.807) is 4.68 Å². The Labute approximate surface area is 179 Å². The van der Waals surface area contributed by atoms with Crippen LogP contribution in [0.25, 0.3) is 5.69 Å². The molecule has 1 N–H and O–H groups in total. The van der Waals surface area contributed by atoms with Gasteiger partial charge in [0.05, 0.1) is 17.0 Å². The summed E-state index contributed by atoms with van der Waals surface area (Å²) in [6.45, 7) is 4.03. The lowest BCUT2D eigenvalue weighted by molar-refractivity contribution is 0.102. The van der Waals surface area contributed by atoms with Crippen LogP contribution in [-0.2, 0) is 5.75 Å². The van der Waals surface area contributed by atoms with Gasteiger partial charge in [0.25, 0.3) is 5.91 Å². The zero-order chi connectivity index (χ0) is 20.9. The topological polar surface area (TPSA) is 72.7 Å². The maximum atomic E-state index is 13.0. The molecule has 0 aliphatic rings. The first-order valence-electron chi connectivity index (χ1n) is 9.55. The van der Waals surface area contributed by atoms with Gasteiger partial charge in [-0.05, 0) is 60.2 Å². The number of hydrogen-bond donors (Lipinski definition) is 1. The van der Waals surface area contributed by atoms with Crippen molar-refractivity contribution in [2.24, 2.45) is 0 Å². The van der Waals surface area contributed by atoms with Gasteiger partial charge < -0.3 is 5.32 Å². The summed E-state index contributed by atoms with van der Waals surface area (Å²) in [6.07, 6.45) is 0. The molecule has 6 nitrogen and oxygen atoms in total. The molecule has 0 radical (unpaired) electrons. The number of anilines is 1. The molecule has 0 saturated heterocycles. The molecule has 30 heavy (non-hydrogen) atoms. The third kappa shape index (κ3) is 4.41. The fourth-order valence-electron chi connectivity index (χ4n) is 3.13. The molecule has 3 aromatic carbocycles. The quantitative estimate of drug-likeness (QED) is 0.457. The Morgan fingerprint density at radius 1 is 1.00 bits per heavy atom. The van der Waals surface area contributed by atoms with Crippen LogP contribution in [0, 0.1) is 13.8 Å². The number of para-hydroxylation sites is 1. The Morgan fingerprint density at radius 2 is 1.77 bits per heavy atom. The average Bonchev–Trinajstić information content (AvgIpc) is 3.24. The summed E-state index contributed by atoms with van der Waals surface area (Å²) in [5, 5.41) is 15.1. The summed E-state index contributed by atoms with van der Waals surface area (Å²) in [5.41, 5.74) is 4.55. The SMILES string of the molecule is Cc1ccc(NC(=O)c2ccccc2SCc2nnnn2-c2ccccc2)c(C)c1. The standard InChI is InChI=1S/C23H21N5OS/c1-16-12-13-20(17(2)14-16)24-23(29)19-10-6-7-11-21(19)30-15-22-25-26-27-28(22)18-8-4-3-5-9-18/h3-14H,15H2,1-2H3,(H,24,29). The number of nitrogens with one attached hydrogen (secondary N) is 1. The number of nitrogens with zero attached hydrogens (tertiary/aromatic N) is 4. The number of thioether (sulfide) groups is 1. The van der Waals surface area contributed by atoms with Gasteiger partial charge >= 0.3 is 0 Å². The lowest BCUT2D eigenvalue weighted by atomic mass is 10.1. The van der Waals surface area contributed by atoms with Gasteiger partial charge in [-0.1, -0.05) is 48.0 Å². The summed E-state index contributed by atoms with van der Waals surface area (Å²) in [6, 6.07) is 23.3. The van der Waals surface area contributed by atoms with E-state index < -0.39 is 0 Å². The zero-order valence-electron chi connectivity index (χ0n) is 16.7. The Morgan fingerprint density at radius 3 is 2.57 bits per heavy atom. The van der Waals surface area contributed by atoms with E-state index in [1.807, 2.05) is 80.6 Å². The van der Waals surface area contributed by atoms with Gasteiger partial charge in [0, 0.05) is 10.6 Å². The number of carbonyl (C=O) groups is 1. The van der Waals surface area contributed by atoms with Crippen molar-refractivity contribution in [1.29, 1.82) is 0 Å². The fourth-order valence-corrected chi connectivity index (χ4v) is 4.09. The largest absolute Gasteiger partial charge is 0.322 e. The zero-order valence-corrected chi connectivity index (χ0v) is 17.6. The molecule has 0 atom stereocenters. The molecule has 1 heterocycles. The highest BCUT2D eigenvalue weighted by Crippen LogP contribution is 2.27. The molecule has 150 valence electrons. The molecule has 7 heteroatoms. The summed E-state index contributed by atoms with van der Waals surface area (Å²) in [7, 11) is 0. The predicted molar refractivity (Wildman–Crippen MR) is 119 cm³/mol. The van der Waals surface area contributed by atoms with Gasteiger partial charge in [0.1, 0.15) is 0 Å². The lowest BCUT2D eigenvalue weighted by Gasteiger charge is -2.12. The van der Waals surface area contributed by atoms with Crippen LogP contribution in [0.1, 0.15) is 27.3 Å². The van der Waals surface area contributed by atoms with E-state index >= 15 is 0 Å². The van der Waals surface area contributed by atoms with E-state index in [9.17, 15) is 4.79 Å². The number of rotatable bonds is 6. The molecule has 0 bridgehead atoms. The number of aryl methyl sites for hydroxylation is 2. The Bertz CT molecular complexity index is 1170. The third-order valence-corrected chi connectivity index (χ3v) is 5.72. The Balaban J connectivity index is 1.52. The van der Waals surface area contributed by atoms with Gasteiger partial charge in [-0.15, -0.1) is 16.9 Å². The highest BCUT2D eigenvalue weighted by molar-refractivity contribution is 7.98. The van der Waals surface area contributed by atoms with Crippen LogP contribution in [-0.4, -0.2) is 26.1 Å². The monoisotopic (exact) mass is 415 g/mol. The van der Waals surface area contributed by atoms with E-state index in [-0.39, 0.29) is 5.91 Å². The van der Waals surface area contributed by atoms with Crippen LogP contribution in [0.2, 0.25) is 0 Å². The highest BCUT2D eigenvalue weighted by Gasteiger charge is 2.15. The molecule has 0 spiro atoms. The normalized spacial score (nSPS) is 10.7. The second kappa shape index (κ2) is 8.92. The third-order valence-electron chi connectivity index (χ3n) is 4.65. The summed E-state index contributed by atoms with van der Waals surface area (Å²) < 4.78 is 1.71. The molecule has 1 amide bonds. The number of amides is 1. The first-order valence-corrected chi connectivity index (χ1v) is 10.5. The number of tetrazole rings is 1. The fraction of sp³-hybridized carbons (Fsp3) is 0.130. The molecule has 0 aliphatic heterocycles. The van der Waals surface area contributed by atoms with Crippen LogP contribution in [0.3, 0.4) is 0 Å². The van der Waals surface area contributed by atoms with Crippen LogP contribution in [0.5, 0.6) is 0 Å². The average molecular weight is 416 g/mol. The van der Waals surface area contributed by atoms with Gasteiger partial charge in [0.15, 0.2) is 5.82 Å². The second-order valence-corrected chi connectivity index (χ2v) is 7.92. The van der Waals surface area contributed by atoms with Gasteiger partial charge in [-0.3, -0.25) is 4.79 Å². The number of benzene rings is 3. The number of carbonyl (C=O) groups excluding carboxylic acids is 1. The maximum absolute atomic E-state index is 13.0. The van der Waals surface area contributed by atoms with Crippen LogP contribution in [0.15, 0.2) is 77.7 Å². The molecule has 0 saturated carbocycles. The minimum absolute atomic E-state index is 0.132. The summed E-state index contributed by atoms with van der Waals surface area (Å²) in [5.74, 6) is 1.12. The van der Waals surface area contributed by atoms with Gasteiger partial charge in [-0.2, -0.15) is 4.68 Å². The molecule has 4 aromatic rings. The van der Waals surface area contributed by atoms with Crippen molar-refractivity contribution in [2.45, 2.75) is 24.5 Å². The van der Waals surface area contributed by atoms with E-state index in [0.717, 1.165) is 33.2 Å². The summed E-state index contributed by atoms with van der Waals surface area (Å²) >= 11 is 1.53. The lowest BCUT2D eigenvalue weighted by Crippen LogP contribution is -2.14. The summed E-state index contributed by atoms with van der Waals surface area (Å²) in [4.78, 5) is 13.8. The molecule has 1 aromatic heterocycles. The molecule has 0 fully saturated rings. The minimum Gasteiger partial charge on any atom is -0.322 e. The first-order chi connectivity index (χ1) is 14.6. The molecule has 0 aliphatic carbocycles. The minimum atomic E-state index is -0.132. The van der Waals surface area contributed by atoms with Crippen molar-refractivity contribution in [2.75, 3.05) is 5.32 Å². The smallest absolute Gasteiger partial charge is 0.256 e. The Kier molecular flexibility index (Phi) is 5.90. The van der Waals surface area contributed by atoms with E-state index in [2.05, 4.69) is 26.9 Å². The second-order valence-electron chi connectivity index (χ2n) is 6.90. The number of hydrogen-bond acceptors (Lipinski definition) is 5. The predicted octanol–water partition coefficient (Wildman–Crippen LogP) is 4.82. The van der Waals surface area contributed by atoms with Crippen molar-refractivity contribution < 1.29 is 4.79 Å². The van der Waals surface area contributed by atoms with Crippen molar-refractivity contribution in [1.82, 2.24) is 20.2 Å². The highest BCUT2D eigenvalue weighted by atomic mass is 32.2. The van der Waals surface area contributed by atoms with Crippen LogP contribution in [0.4, 0.5) is 5.69 Å². The van der Waals surface area contributed by atoms with Crippen LogP contribution >= 0.6 is 11.8 Å². The van der Waals surface area contributed by atoms with E-state index in [4.69, 9.17) is 0 Å². The molecule has 4 rings (SSSR count).